The van der Waals surface area contributed by atoms with Crippen molar-refractivity contribution in [1.29, 1.82) is 0 Å². The average molecular weight is 340 g/mol. The van der Waals surface area contributed by atoms with Crippen LogP contribution in [0.1, 0.15) is 18.4 Å². The maximum Gasteiger partial charge on any atom is 0.234 e. The standard InChI is InChI=1S/C19H20N2O2S/c1-13-5-2-3-8-17(13)24-12-18(22)20-15-6-4-7-16(11-15)21-19(23)14-9-10-14/h2-8,11,14H,9-10,12H2,1H3,(H,20,22)(H,21,23). The number of carbonyl (C=O) groups excluding carboxylic acids is 2. The van der Waals surface area contributed by atoms with Crippen LogP contribution in [-0.2, 0) is 9.59 Å². The summed E-state index contributed by atoms with van der Waals surface area (Å²) in [5.74, 6) is 0.514. The lowest BCUT2D eigenvalue weighted by atomic mass is 10.2. The van der Waals surface area contributed by atoms with E-state index in [9.17, 15) is 9.59 Å². The quantitative estimate of drug-likeness (QED) is 0.779. The molecule has 1 saturated carbocycles. The van der Waals surface area contributed by atoms with Crippen LogP contribution in [0.3, 0.4) is 0 Å². The van der Waals surface area contributed by atoms with Crippen molar-refractivity contribution >= 4 is 35.0 Å². The van der Waals surface area contributed by atoms with Crippen LogP contribution in [0.5, 0.6) is 0 Å². The predicted molar refractivity (Wildman–Crippen MR) is 98.3 cm³/mol. The maximum absolute atomic E-state index is 12.1. The molecule has 3 rings (SSSR count). The van der Waals surface area contributed by atoms with E-state index in [-0.39, 0.29) is 17.7 Å². The summed E-state index contributed by atoms with van der Waals surface area (Å²) in [5.41, 5.74) is 2.58. The Hall–Kier alpha value is -2.27. The second-order valence-electron chi connectivity index (χ2n) is 5.95. The van der Waals surface area contributed by atoms with Crippen molar-refractivity contribution in [2.45, 2.75) is 24.7 Å². The van der Waals surface area contributed by atoms with Crippen molar-refractivity contribution in [1.82, 2.24) is 0 Å². The number of amides is 2. The lowest BCUT2D eigenvalue weighted by molar-refractivity contribution is -0.117. The third-order valence-electron chi connectivity index (χ3n) is 3.81. The van der Waals surface area contributed by atoms with Crippen molar-refractivity contribution in [2.24, 2.45) is 5.92 Å². The Kier molecular flexibility index (Phi) is 5.20. The average Bonchev–Trinajstić information content (AvgIpc) is 3.39. The molecule has 0 bridgehead atoms. The van der Waals surface area contributed by atoms with Crippen molar-refractivity contribution in [2.75, 3.05) is 16.4 Å². The molecule has 5 heteroatoms. The third kappa shape index (κ3) is 4.61. The highest BCUT2D eigenvalue weighted by Gasteiger charge is 2.29. The number of hydrogen-bond acceptors (Lipinski definition) is 3. The molecule has 0 aromatic heterocycles. The van der Waals surface area contributed by atoms with Gasteiger partial charge in [-0.25, -0.2) is 0 Å². The third-order valence-corrected chi connectivity index (χ3v) is 4.99. The number of anilines is 2. The Bertz CT molecular complexity index is 757. The van der Waals surface area contributed by atoms with E-state index in [4.69, 9.17) is 0 Å². The summed E-state index contributed by atoms with van der Waals surface area (Å²) in [4.78, 5) is 25.0. The molecule has 0 heterocycles. The molecule has 1 aliphatic carbocycles. The molecule has 0 atom stereocenters. The van der Waals surface area contributed by atoms with E-state index in [2.05, 4.69) is 10.6 Å². The van der Waals surface area contributed by atoms with Gasteiger partial charge in [-0.2, -0.15) is 0 Å². The van der Waals surface area contributed by atoms with E-state index < -0.39 is 0 Å². The van der Waals surface area contributed by atoms with Gasteiger partial charge in [0.2, 0.25) is 11.8 Å². The lowest BCUT2D eigenvalue weighted by Gasteiger charge is -2.09. The van der Waals surface area contributed by atoms with Gasteiger partial charge in [-0.05, 0) is 49.6 Å². The Morgan fingerprint density at radius 3 is 2.46 bits per heavy atom. The topological polar surface area (TPSA) is 58.2 Å². The molecule has 124 valence electrons. The van der Waals surface area contributed by atoms with E-state index in [1.165, 1.54) is 17.3 Å². The van der Waals surface area contributed by atoms with E-state index in [1.54, 1.807) is 6.07 Å². The van der Waals surface area contributed by atoms with Gasteiger partial charge >= 0.3 is 0 Å². The normalized spacial score (nSPS) is 13.4. The molecule has 0 unspecified atom stereocenters. The molecule has 24 heavy (non-hydrogen) atoms. The summed E-state index contributed by atoms with van der Waals surface area (Å²) in [6, 6.07) is 15.3. The largest absolute Gasteiger partial charge is 0.326 e. The Morgan fingerprint density at radius 1 is 1.04 bits per heavy atom. The van der Waals surface area contributed by atoms with Crippen LogP contribution in [0.4, 0.5) is 11.4 Å². The highest BCUT2D eigenvalue weighted by Crippen LogP contribution is 2.30. The number of hydrogen-bond donors (Lipinski definition) is 2. The second kappa shape index (κ2) is 7.53. The molecule has 2 N–H and O–H groups in total. The number of nitrogens with one attached hydrogen (secondary N) is 2. The van der Waals surface area contributed by atoms with Crippen LogP contribution in [0.15, 0.2) is 53.4 Å². The highest BCUT2D eigenvalue weighted by atomic mass is 32.2. The minimum atomic E-state index is -0.0612. The molecule has 1 aliphatic rings. The summed E-state index contributed by atoms with van der Waals surface area (Å²) in [6.07, 6.45) is 1.94. The molecule has 0 radical (unpaired) electrons. The zero-order chi connectivity index (χ0) is 16.9. The van der Waals surface area contributed by atoms with Gasteiger partial charge < -0.3 is 10.6 Å². The molecular weight excluding hydrogens is 320 g/mol. The summed E-state index contributed by atoms with van der Waals surface area (Å²) < 4.78 is 0. The van der Waals surface area contributed by atoms with Gasteiger partial charge in [0.1, 0.15) is 0 Å². The van der Waals surface area contributed by atoms with Crippen LogP contribution >= 0.6 is 11.8 Å². The zero-order valence-electron chi connectivity index (χ0n) is 13.5. The number of aryl methyl sites for hydroxylation is 1. The van der Waals surface area contributed by atoms with E-state index in [1.807, 2.05) is 49.4 Å². The number of rotatable bonds is 6. The van der Waals surface area contributed by atoms with E-state index in [0.29, 0.717) is 11.4 Å². The summed E-state index contributed by atoms with van der Waals surface area (Å²) >= 11 is 1.52. The van der Waals surface area contributed by atoms with Crippen LogP contribution in [0.25, 0.3) is 0 Å². The number of thioether (sulfide) groups is 1. The van der Waals surface area contributed by atoms with Gasteiger partial charge in [0.15, 0.2) is 0 Å². The fourth-order valence-electron chi connectivity index (χ4n) is 2.32. The minimum Gasteiger partial charge on any atom is -0.326 e. The molecule has 4 nitrogen and oxygen atoms in total. The first-order chi connectivity index (χ1) is 11.6. The van der Waals surface area contributed by atoms with Gasteiger partial charge in [0.05, 0.1) is 5.75 Å². The Balaban J connectivity index is 1.54. The van der Waals surface area contributed by atoms with Crippen LogP contribution in [0.2, 0.25) is 0 Å². The monoisotopic (exact) mass is 340 g/mol. The summed E-state index contributed by atoms with van der Waals surface area (Å²) in [6.45, 7) is 2.03. The van der Waals surface area contributed by atoms with E-state index >= 15 is 0 Å². The molecule has 2 aromatic carbocycles. The van der Waals surface area contributed by atoms with Crippen LogP contribution in [0, 0.1) is 12.8 Å². The molecule has 0 aliphatic heterocycles. The van der Waals surface area contributed by atoms with E-state index in [0.717, 1.165) is 23.4 Å². The van der Waals surface area contributed by atoms with Crippen LogP contribution < -0.4 is 10.6 Å². The van der Waals surface area contributed by atoms with Gasteiger partial charge in [0.25, 0.3) is 0 Å². The first-order valence-electron chi connectivity index (χ1n) is 8.01. The second-order valence-corrected chi connectivity index (χ2v) is 6.96. The van der Waals surface area contributed by atoms with Gasteiger partial charge in [-0.3, -0.25) is 9.59 Å². The molecule has 0 saturated heterocycles. The number of benzene rings is 2. The zero-order valence-corrected chi connectivity index (χ0v) is 14.4. The molecular formula is C19H20N2O2S. The summed E-state index contributed by atoms with van der Waals surface area (Å²) in [5, 5.41) is 5.77. The molecule has 2 amide bonds. The first-order valence-corrected chi connectivity index (χ1v) is 8.99. The SMILES string of the molecule is Cc1ccccc1SCC(=O)Nc1cccc(NC(=O)C2CC2)c1. The first kappa shape index (κ1) is 16.6. The van der Waals surface area contributed by atoms with Gasteiger partial charge in [-0.15, -0.1) is 11.8 Å². The molecule has 1 fully saturated rings. The van der Waals surface area contributed by atoms with Crippen molar-refractivity contribution in [3.8, 4) is 0 Å². The predicted octanol–water partition coefficient (Wildman–Crippen LogP) is 4.07. The van der Waals surface area contributed by atoms with Gasteiger partial charge in [-0.1, -0.05) is 24.3 Å². The maximum atomic E-state index is 12.1. The lowest BCUT2D eigenvalue weighted by Crippen LogP contribution is -2.15. The van der Waals surface area contributed by atoms with Crippen molar-refractivity contribution < 1.29 is 9.59 Å². The minimum absolute atomic E-state index is 0.0612. The Labute approximate surface area is 146 Å². The fraction of sp³-hybridized carbons (Fsp3) is 0.263. The molecule has 2 aromatic rings. The molecule has 0 spiro atoms. The fourth-order valence-corrected chi connectivity index (χ4v) is 3.15. The van der Waals surface area contributed by atoms with Gasteiger partial charge in [0, 0.05) is 22.2 Å². The van der Waals surface area contributed by atoms with Crippen molar-refractivity contribution in [3.63, 3.8) is 0 Å². The highest BCUT2D eigenvalue weighted by molar-refractivity contribution is 8.00. The summed E-state index contributed by atoms with van der Waals surface area (Å²) in [7, 11) is 0. The smallest absolute Gasteiger partial charge is 0.234 e. The Morgan fingerprint density at radius 2 is 1.75 bits per heavy atom. The van der Waals surface area contributed by atoms with Crippen molar-refractivity contribution in [3.05, 3.63) is 54.1 Å². The number of carbonyl (C=O) groups is 2. The van der Waals surface area contributed by atoms with Crippen LogP contribution in [-0.4, -0.2) is 17.6 Å².